The molecule has 3 atom stereocenters. The van der Waals surface area contributed by atoms with Crippen LogP contribution in [0.15, 0.2) is 65.9 Å². The first-order chi connectivity index (χ1) is 22.3. The number of benzene rings is 2. The van der Waals surface area contributed by atoms with Crippen molar-refractivity contribution in [3.05, 3.63) is 87.1 Å². The van der Waals surface area contributed by atoms with E-state index in [1.807, 2.05) is 6.92 Å². The third kappa shape index (κ3) is 8.61. The van der Waals surface area contributed by atoms with Crippen LogP contribution in [-0.2, 0) is 35.2 Å². The normalized spacial score (nSPS) is 19.6. The van der Waals surface area contributed by atoms with Gasteiger partial charge in [0.15, 0.2) is 0 Å². The molecule has 2 aromatic rings. The summed E-state index contributed by atoms with van der Waals surface area (Å²) in [5, 5.41) is 15.2. The van der Waals surface area contributed by atoms with Gasteiger partial charge in [0.25, 0.3) is 17.3 Å². The second-order valence-electron chi connectivity index (χ2n) is 10.2. The molecule has 13 nitrogen and oxygen atoms in total. The number of ether oxygens (including phenoxy) is 3. The number of thioether (sulfide) groups is 1. The van der Waals surface area contributed by atoms with E-state index in [1.165, 1.54) is 36.0 Å². The number of esters is 1. The van der Waals surface area contributed by atoms with Crippen LogP contribution in [0, 0.1) is 10.1 Å². The van der Waals surface area contributed by atoms with Crippen LogP contribution in [0.2, 0.25) is 0 Å². The Kier molecular flexibility index (Phi) is 12.3. The molecule has 2 unspecified atom stereocenters. The summed E-state index contributed by atoms with van der Waals surface area (Å²) < 4.78 is 14.5. The Labute approximate surface area is 293 Å². The van der Waals surface area contributed by atoms with Gasteiger partial charge in [0.05, 0.1) is 4.92 Å². The smallest absolute Gasteiger partial charge is 0.408 e. The predicted octanol–water partition coefficient (Wildman–Crippen LogP) is 5.12. The number of carbonyl (C=O) groups excluding carboxylic acids is 4. The summed E-state index contributed by atoms with van der Waals surface area (Å²) in [4.78, 5) is 65.3. The molecular formula is C29H28Cl4N4O9S. The number of β-lactam (4-membered cyclic amide) rings is 1. The van der Waals surface area contributed by atoms with E-state index in [1.54, 1.807) is 30.3 Å². The van der Waals surface area contributed by atoms with Crippen molar-refractivity contribution in [2.75, 3.05) is 24.8 Å². The van der Waals surface area contributed by atoms with Crippen molar-refractivity contribution in [3.63, 3.8) is 0 Å². The van der Waals surface area contributed by atoms with Gasteiger partial charge < -0.3 is 24.8 Å². The van der Waals surface area contributed by atoms with E-state index in [0.29, 0.717) is 23.1 Å². The van der Waals surface area contributed by atoms with Crippen LogP contribution in [-0.4, -0.2) is 73.4 Å². The molecule has 252 valence electrons. The fourth-order valence-corrected chi connectivity index (χ4v) is 6.57. The van der Waals surface area contributed by atoms with Gasteiger partial charge in [-0.1, -0.05) is 72.1 Å². The first-order valence-corrected chi connectivity index (χ1v) is 16.7. The summed E-state index contributed by atoms with van der Waals surface area (Å²) in [7, 11) is 0. The Bertz CT molecular complexity index is 1540. The van der Waals surface area contributed by atoms with E-state index >= 15 is 0 Å². The monoisotopic (exact) mass is 748 g/mol. The van der Waals surface area contributed by atoms with E-state index in [2.05, 4.69) is 10.6 Å². The molecule has 18 heteroatoms. The second-order valence-corrected chi connectivity index (χ2v) is 14.0. The summed E-state index contributed by atoms with van der Waals surface area (Å²) in [6, 6.07) is 12.3. The largest absolute Gasteiger partial charge is 0.456 e. The molecule has 3 amide bonds. The molecular weight excluding hydrogens is 722 g/mol. The van der Waals surface area contributed by atoms with Crippen molar-refractivity contribution < 1.29 is 38.3 Å². The number of nitrogens with zero attached hydrogens (tertiary/aromatic N) is 2. The highest BCUT2D eigenvalue weighted by Gasteiger charge is 2.67. The average molecular weight is 750 g/mol. The number of non-ortho nitro benzene ring substituents is 1. The van der Waals surface area contributed by atoms with Crippen LogP contribution >= 0.6 is 58.2 Å². The number of hydrogen-bond donors (Lipinski definition) is 2. The molecule has 0 radical (unpaired) electrons. The number of amides is 3. The third-order valence-electron chi connectivity index (χ3n) is 6.85. The van der Waals surface area contributed by atoms with E-state index in [0.717, 1.165) is 4.90 Å². The molecule has 1 saturated heterocycles. The fraction of sp³-hybridized carbons (Fsp3) is 0.379. The van der Waals surface area contributed by atoms with Crippen LogP contribution in [0.3, 0.4) is 0 Å². The molecule has 0 aromatic heterocycles. The molecule has 0 saturated carbocycles. The zero-order chi connectivity index (χ0) is 34.4. The van der Waals surface area contributed by atoms with Crippen LogP contribution in [0.4, 0.5) is 10.5 Å². The lowest BCUT2D eigenvalue weighted by Gasteiger charge is -2.56. The van der Waals surface area contributed by atoms with Gasteiger partial charge in [-0.2, -0.15) is 0 Å². The molecule has 0 bridgehead atoms. The molecule has 2 aromatic carbocycles. The third-order valence-corrected chi connectivity index (χ3v) is 8.87. The van der Waals surface area contributed by atoms with Crippen molar-refractivity contribution in [2.45, 2.75) is 40.9 Å². The van der Waals surface area contributed by atoms with Crippen molar-refractivity contribution in [3.8, 4) is 0 Å². The molecule has 2 heterocycles. The SMILES string of the molecule is CCCOC1(NC(=O)C(NC(=O)OCc2ccc([N+](=O)[O-])cc2)c2ccccc2)C(=O)N2C(C(=O)OCC(Cl)(Cl)Cl)=C(CCl)CS[C@H]21. The molecule has 47 heavy (non-hydrogen) atoms. The zero-order valence-corrected chi connectivity index (χ0v) is 28.4. The lowest BCUT2D eigenvalue weighted by Crippen LogP contribution is -2.81. The maximum absolute atomic E-state index is 13.9. The highest BCUT2D eigenvalue weighted by Crippen LogP contribution is 2.47. The molecule has 1 fully saturated rings. The minimum Gasteiger partial charge on any atom is -0.456 e. The number of carbonyl (C=O) groups is 4. The van der Waals surface area contributed by atoms with Gasteiger partial charge in [0, 0.05) is 30.4 Å². The Morgan fingerprint density at radius 2 is 1.81 bits per heavy atom. The summed E-state index contributed by atoms with van der Waals surface area (Å²) in [6.45, 7) is 1.05. The van der Waals surface area contributed by atoms with Gasteiger partial charge in [-0.3, -0.25) is 24.6 Å². The van der Waals surface area contributed by atoms with Gasteiger partial charge in [0.1, 0.15) is 30.3 Å². The number of alkyl halides is 4. The van der Waals surface area contributed by atoms with E-state index in [9.17, 15) is 29.3 Å². The van der Waals surface area contributed by atoms with Crippen LogP contribution in [0.5, 0.6) is 0 Å². The highest BCUT2D eigenvalue weighted by atomic mass is 35.6. The summed E-state index contributed by atoms with van der Waals surface area (Å²) in [5.74, 6) is -2.42. The standard InChI is InChI=1S/C29H28Cl4N4O9S/c1-2-12-46-29(25(40)36-22(19(13-30)15-47-26(29)36)24(39)45-16-28(31,32)33)35-23(38)21(18-6-4-3-5-7-18)34-27(41)44-14-17-8-10-20(11-9-17)37(42)43/h3-11,21,26H,2,12-16H2,1H3,(H,34,41)(H,35,38)/t21?,26-,29?/m0/s1. The van der Waals surface area contributed by atoms with Crippen molar-refractivity contribution in [2.24, 2.45) is 0 Å². The van der Waals surface area contributed by atoms with Gasteiger partial charge in [-0.25, -0.2) is 9.59 Å². The van der Waals surface area contributed by atoms with Crippen molar-refractivity contribution in [1.29, 1.82) is 0 Å². The van der Waals surface area contributed by atoms with Crippen LogP contribution < -0.4 is 10.6 Å². The van der Waals surface area contributed by atoms with Gasteiger partial charge >= 0.3 is 12.1 Å². The zero-order valence-electron chi connectivity index (χ0n) is 24.6. The summed E-state index contributed by atoms with van der Waals surface area (Å²) in [6.07, 6.45) is -0.489. The molecule has 2 aliphatic heterocycles. The quantitative estimate of drug-likeness (QED) is 0.0701. The number of halogens is 4. The Balaban J connectivity index is 1.55. The molecule has 0 spiro atoms. The maximum atomic E-state index is 13.9. The first kappa shape index (κ1) is 36.6. The minimum absolute atomic E-state index is 0.0662. The van der Waals surface area contributed by atoms with E-state index in [4.69, 9.17) is 60.6 Å². The first-order valence-electron chi connectivity index (χ1n) is 14.0. The highest BCUT2D eigenvalue weighted by molar-refractivity contribution is 8.00. The number of nitrogens with one attached hydrogen (secondary N) is 2. The Morgan fingerprint density at radius 1 is 1.13 bits per heavy atom. The van der Waals surface area contributed by atoms with Gasteiger partial charge in [0.2, 0.25) is 9.70 Å². The molecule has 2 N–H and O–H groups in total. The van der Waals surface area contributed by atoms with Crippen molar-refractivity contribution >= 4 is 87.7 Å². The Hall–Kier alpha value is -3.27. The number of alkyl carbamates (subject to hydrolysis) is 1. The predicted molar refractivity (Wildman–Crippen MR) is 175 cm³/mol. The van der Waals surface area contributed by atoms with Crippen LogP contribution in [0.1, 0.15) is 30.5 Å². The summed E-state index contributed by atoms with van der Waals surface area (Å²) in [5.41, 5.74) is -0.956. The number of nitro groups is 1. The second kappa shape index (κ2) is 15.8. The number of nitro benzene ring substituents is 1. The minimum atomic E-state index is -1.92. The van der Waals surface area contributed by atoms with Gasteiger partial charge in [-0.05, 0) is 35.3 Å². The Morgan fingerprint density at radius 3 is 2.40 bits per heavy atom. The number of rotatable bonds is 13. The maximum Gasteiger partial charge on any atom is 0.408 e. The fourth-order valence-electron chi connectivity index (χ4n) is 4.67. The van der Waals surface area contributed by atoms with E-state index in [-0.39, 0.29) is 36.2 Å². The number of hydrogen-bond acceptors (Lipinski definition) is 10. The lowest BCUT2D eigenvalue weighted by atomic mass is 9.96. The topological polar surface area (TPSA) is 166 Å². The van der Waals surface area contributed by atoms with Crippen molar-refractivity contribution in [1.82, 2.24) is 15.5 Å². The lowest BCUT2D eigenvalue weighted by molar-refractivity contribution is -0.384. The summed E-state index contributed by atoms with van der Waals surface area (Å²) >= 11 is 24.5. The average Bonchev–Trinajstić information content (AvgIpc) is 3.06. The molecule has 0 aliphatic carbocycles. The molecule has 4 rings (SSSR count). The van der Waals surface area contributed by atoms with Gasteiger partial charge in [-0.15, -0.1) is 23.4 Å². The van der Waals surface area contributed by atoms with Crippen LogP contribution in [0.25, 0.3) is 0 Å². The van der Waals surface area contributed by atoms with E-state index < -0.39 is 56.3 Å². The molecule has 2 aliphatic rings. The number of fused-ring (bicyclic) bond motifs is 1.